The molecule has 1 heterocycles. The number of benzene rings is 1. The van der Waals surface area contributed by atoms with Gasteiger partial charge in [-0.1, -0.05) is 39.7 Å². The average molecular weight is 330 g/mol. The lowest BCUT2D eigenvalue weighted by molar-refractivity contribution is 0.969. The van der Waals surface area contributed by atoms with Crippen molar-refractivity contribution in [3.63, 3.8) is 0 Å². The lowest BCUT2D eigenvalue weighted by Gasteiger charge is -2.07. The van der Waals surface area contributed by atoms with E-state index in [-0.39, 0.29) is 0 Å². The van der Waals surface area contributed by atoms with Gasteiger partial charge in [0.15, 0.2) is 0 Å². The standard InChI is InChI=1S/C14H14BrClS/c1-9-6-14(17-10(9)2)13(15)8-11-4-3-5-12(16)7-11/h3-7,13H,8H2,1-2H3. The van der Waals surface area contributed by atoms with E-state index in [9.17, 15) is 0 Å². The third-order valence-corrected chi connectivity index (χ3v) is 5.42. The molecule has 0 N–H and O–H groups in total. The summed E-state index contributed by atoms with van der Waals surface area (Å²) in [4.78, 5) is 3.16. The number of rotatable bonds is 3. The van der Waals surface area contributed by atoms with E-state index in [1.54, 1.807) is 0 Å². The summed E-state index contributed by atoms with van der Waals surface area (Å²) in [6.07, 6.45) is 0.972. The summed E-state index contributed by atoms with van der Waals surface area (Å²) < 4.78 is 0. The molecule has 1 atom stereocenters. The molecule has 1 aromatic heterocycles. The van der Waals surface area contributed by atoms with Crippen molar-refractivity contribution in [3.8, 4) is 0 Å². The monoisotopic (exact) mass is 328 g/mol. The van der Waals surface area contributed by atoms with Crippen molar-refractivity contribution >= 4 is 38.9 Å². The number of halogens is 2. The van der Waals surface area contributed by atoms with E-state index >= 15 is 0 Å². The molecular formula is C14H14BrClS. The molecule has 90 valence electrons. The smallest absolute Gasteiger partial charge is 0.0529 e. The van der Waals surface area contributed by atoms with Crippen molar-refractivity contribution in [3.05, 3.63) is 56.2 Å². The first-order chi connectivity index (χ1) is 8.06. The third-order valence-electron chi connectivity index (χ3n) is 2.80. The number of hydrogen-bond acceptors (Lipinski definition) is 1. The first-order valence-corrected chi connectivity index (χ1v) is 7.62. The molecule has 1 unspecified atom stereocenters. The van der Waals surface area contributed by atoms with Gasteiger partial charge in [-0.25, -0.2) is 0 Å². The van der Waals surface area contributed by atoms with E-state index in [0.717, 1.165) is 11.4 Å². The zero-order valence-corrected chi connectivity index (χ0v) is 13.0. The molecule has 3 heteroatoms. The molecule has 2 rings (SSSR count). The highest BCUT2D eigenvalue weighted by atomic mass is 79.9. The molecule has 2 aromatic rings. The Balaban J connectivity index is 2.14. The first-order valence-electron chi connectivity index (χ1n) is 5.51. The van der Waals surface area contributed by atoms with Crippen molar-refractivity contribution in [2.75, 3.05) is 0 Å². The fourth-order valence-corrected chi connectivity index (χ4v) is 3.75. The van der Waals surface area contributed by atoms with E-state index < -0.39 is 0 Å². The quantitative estimate of drug-likeness (QED) is 0.634. The fraction of sp³-hybridized carbons (Fsp3) is 0.286. The largest absolute Gasteiger partial charge is 0.144 e. The Hall–Kier alpha value is -0.310. The molecule has 0 radical (unpaired) electrons. The molecule has 0 spiro atoms. The van der Waals surface area contributed by atoms with Crippen LogP contribution in [0.5, 0.6) is 0 Å². The molecule has 0 saturated heterocycles. The molecule has 17 heavy (non-hydrogen) atoms. The van der Waals surface area contributed by atoms with Crippen LogP contribution in [0.1, 0.15) is 25.7 Å². The van der Waals surface area contributed by atoms with Gasteiger partial charge in [-0.05, 0) is 49.6 Å². The Morgan fingerprint density at radius 3 is 2.65 bits per heavy atom. The topological polar surface area (TPSA) is 0 Å². The summed E-state index contributed by atoms with van der Waals surface area (Å²) in [5.41, 5.74) is 2.64. The van der Waals surface area contributed by atoms with Crippen LogP contribution in [0.3, 0.4) is 0 Å². The summed E-state index contributed by atoms with van der Waals surface area (Å²) in [6.45, 7) is 4.33. The van der Waals surface area contributed by atoms with Crippen molar-refractivity contribution in [1.29, 1.82) is 0 Å². The van der Waals surface area contributed by atoms with E-state index in [1.807, 2.05) is 29.5 Å². The molecule has 0 aliphatic rings. The van der Waals surface area contributed by atoms with Crippen LogP contribution in [0, 0.1) is 13.8 Å². The van der Waals surface area contributed by atoms with Gasteiger partial charge < -0.3 is 0 Å². The zero-order valence-electron chi connectivity index (χ0n) is 9.84. The Morgan fingerprint density at radius 1 is 1.29 bits per heavy atom. The molecule has 1 aromatic carbocycles. The summed E-state index contributed by atoms with van der Waals surface area (Å²) in [5.74, 6) is 0. The van der Waals surface area contributed by atoms with Gasteiger partial charge in [0.1, 0.15) is 0 Å². The van der Waals surface area contributed by atoms with Crippen LogP contribution in [-0.4, -0.2) is 0 Å². The Labute approximate surface area is 120 Å². The molecule has 0 bridgehead atoms. The van der Waals surface area contributed by atoms with E-state index in [2.05, 4.69) is 41.9 Å². The normalized spacial score (nSPS) is 12.7. The molecular weight excluding hydrogens is 316 g/mol. The molecule has 0 aliphatic carbocycles. The number of hydrogen-bond donors (Lipinski definition) is 0. The van der Waals surface area contributed by atoms with E-state index in [4.69, 9.17) is 11.6 Å². The summed E-state index contributed by atoms with van der Waals surface area (Å²) in [6, 6.07) is 10.3. The maximum absolute atomic E-state index is 5.99. The van der Waals surface area contributed by atoms with Crippen LogP contribution in [0.15, 0.2) is 30.3 Å². The summed E-state index contributed by atoms with van der Waals surface area (Å²) >= 11 is 11.6. The molecule has 0 fully saturated rings. The van der Waals surface area contributed by atoms with Gasteiger partial charge in [0.25, 0.3) is 0 Å². The zero-order chi connectivity index (χ0) is 12.4. The van der Waals surface area contributed by atoms with Crippen LogP contribution in [0.4, 0.5) is 0 Å². The predicted octanol–water partition coefficient (Wildman–Crippen LogP) is 5.70. The average Bonchev–Trinajstić information content (AvgIpc) is 2.59. The van der Waals surface area contributed by atoms with Gasteiger partial charge >= 0.3 is 0 Å². The van der Waals surface area contributed by atoms with Crippen LogP contribution in [0.25, 0.3) is 0 Å². The number of aryl methyl sites for hydroxylation is 2. The maximum Gasteiger partial charge on any atom is 0.0529 e. The summed E-state index contributed by atoms with van der Waals surface area (Å²) in [5, 5.41) is 0.806. The fourth-order valence-electron chi connectivity index (χ4n) is 1.73. The Morgan fingerprint density at radius 2 is 2.06 bits per heavy atom. The Bertz CT molecular complexity index is 499. The van der Waals surface area contributed by atoms with Crippen molar-refractivity contribution < 1.29 is 0 Å². The van der Waals surface area contributed by atoms with Gasteiger partial charge in [-0.3, -0.25) is 0 Å². The second kappa shape index (κ2) is 5.55. The molecule has 0 amide bonds. The van der Waals surface area contributed by atoms with Gasteiger partial charge in [0.05, 0.1) is 4.83 Å². The van der Waals surface area contributed by atoms with Crippen molar-refractivity contribution in [2.45, 2.75) is 25.1 Å². The number of alkyl halides is 1. The highest BCUT2D eigenvalue weighted by Gasteiger charge is 2.12. The minimum absolute atomic E-state index is 0.373. The maximum atomic E-state index is 5.99. The lowest BCUT2D eigenvalue weighted by Crippen LogP contribution is -1.92. The van der Waals surface area contributed by atoms with Crippen LogP contribution >= 0.6 is 38.9 Å². The third kappa shape index (κ3) is 3.34. The predicted molar refractivity (Wildman–Crippen MR) is 80.6 cm³/mol. The molecule has 0 nitrogen and oxygen atoms in total. The highest BCUT2D eigenvalue weighted by molar-refractivity contribution is 9.09. The molecule has 0 saturated carbocycles. The van der Waals surface area contributed by atoms with Crippen LogP contribution < -0.4 is 0 Å². The second-order valence-electron chi connectivity index (χ2n) is 4.19. The van der Waals surface area contributed by atoms with Crippen molar-refractivity contribution in [2.24, 2.45) is 0 Å². The summed E-state index contributed by atoms with van der Waals surface area (Å²) in [7, 11) is 0. The molecule has 0 aliphatic heterocycles. The van der Waals surface area contributed by atoms with Gasteiger partial charge in [0.2, 0.25) is 0 Å². The SMILES string of the molecule is Cc1cc(C(Br)Cc2cccc(Cl)c2)sc1C. The van der Waals surface area contributed by atoms with Crippen LogP contribution in [-0.2, 0) is 6.42 Å². The lowest BCUT2D eigenvalue weighted by atomic mass is 10.1. The van der Waals surface area contributed by atoms with Gasteiger partial charge in [-0.15, -0.1) is 11.3 Å². The Kier molecular flexibility index (Phi) is 4.29. The van der Waals surface area contributed by atoms with E-state index in [0.29, 0.717) is 4.83 Å². The van der Waals surface area contributed by atoms with Crippen LogP contribution in [0.2, 0.25) is 5.02 Å². The van der Waals surface area contributed by atoms with Gasteiger partial charge in [0, 0.05) is 14.8 Å². The second-order valence-corrected chi connectivity index (χ2v) is 7.02. The minimum atomic E-state index is 0.373. The first kappa shape index (κ1) is 13.1. The minimum Gasteiger partial charge on any atom is -0.144 e. The van der Waals surface area contributed by atoms with Gasteiger partial charge in [-0.2, -0.15) is 0 Å². The van der Waals surface area contributed by atoms with Crippen molar-refractivity contribution in [1.82, 2.24) is 0 Å². The number of thiophene rings is 1. The highest BCUT2D eigenvalue weighted by Crippen LogP contribution is 2.34. The van der Waals surface area contributed by atoms with E-state index in [1.165, 1.54) is 20.9 Å².